The molecular weight excluding hydrogens is 643 g/mol. The Kier molecular flexibility index (Phi) is 10.4. The van der Waals surface area contributed by atoms with Crippen LogP contribution in [0, 0.1) is 0 Å². The number of halogens is 2. The van der Waals surface area contributed by atoms with Gasteiger partial charge in [0.05, 0.1) is 24.0 Å². The summed E-state index contributed by atoms with van der Waals surface area (Å²) in [5.74, 6) is 0.837. The lowest BCUT2D eigenvalue weighted by Crippen LogP contribution is -2.54. The molecule has 1 saturated heterocycles. The van der Waals surface area contributed by atoms with Crippen LogP contribution >= 0.6 is 35.0 Å². The van der Waals surface area contributed by atoms with Gasteiger partial charge in [-0.05, 0) is 48.6 Å². The van der Waals surface area contributed by atoms with Gasteiger partial charge in [0.1, 0.15) is 21.7 Å². The molecule has 1 unspecified atom stereocenters. The van der Waals surface area contributed by atoms with Crippen molar-refractivity contribution in [2.45, 2.75) is 24.2 Å². The molecule has 3 heterocycles. The van der Waals surface area contributed by atoms with Gasteiger partial charge in [0.2, 0.25) is 5.88 Å². The number of aromatic nitrogens is 2. The van der Waals surface area contributed by atoms with Crippen LogP contribution in [0.25, 0.3) is 0 Å². The number of sulfone groups is 1. The van der Waals surface area contributed by atoms with Gasteiger partial charge in [-0.2, -0.15) is 4.98 Å². The number of thioether (sulfide) groups is 1. The van der Waals surface area contributed by atoms with Crippen molar-refractivity contribution in [1.82, 2.24) is 24.7 Å². The highest BCUT2D eigenvalue weighted by Crippen LogP contribution is 2.45. The average molecular weight is 678 g/mol. The molecule has 2 aliphatic rings. The first-order valence-corrected chi connectivity index (χ1v) is 18.2. The van der Waals surface area contributed by atoms with Crippen LogP contribution in [-0.4, -0.2) is 103 Å². The molecule has 0 aliphatic carbocycles. The number of ether oxygens (including phenoxy) is 1. The molecule has 0 saturated carbocycles. The fourth-order valence-corrected chi connectivity index (χ4v) is 6.49. The Hall–Kier alpha value is -2.90. The van der Waals surface area contributed by atoms with Crippen LogP contribution in [0.3, 0.4) is 0 Å². The summed E-state index contributed by atoms with van der Waals surface area (Å²) in [6, 6.07) is 13.7. The molecule has 2 amide bonds. The van der Waals surface area contributed by atoms with E-state index in [-0.39, 0.29) is 11.8 Å². The fraction of sp³-hybridized carbons (Fsp3) is 0.400. The molecule has 0 bridgehead atoms. The lowest BCUT2D eigenvalue weighted by Gasteiger charge is -2.39. The standard InChI is InChI=1S/C30H34Cl2N6O4S2/c1-4-42-28-24(19-33-29(35-28)43-2)27-34-25(20-5-9-22(31)10-6-20)26(21-7-11-23(32)12-8-21)38(27)30(39)37-15-13-36(14-16-37)17-18-44(3,40)41/h5-12,19,25-26H,4,13-18H2,1-3H3/t25-,26?/m0/s1. The molecule has 3 aromatic rings. The summed E-state index contributed by atoms with van der Waals surface area (Å²) in [5, 5.41) is 1.72. The summed E-state index contributed by atoms with van der Waals surface area (Å²) in [4.78, 5) is 34.5. The molecule has 1 aromatic heterocycles. The van der Waals surface area contributed by atoms with Crippen LogP contribution in [0.1, 0.15) is 35.7 Å². The zero-order valence-corrected chi connectivity index (χ0v) is 27.8. The van der Waals surface area contributed by atoms with Gasteiger partial charge in [-0.25, -0.2) is 18.2 Å². The van der Waals surface area contributed by atoms with Gasteiger partial charge in [-0.3, -0.25) is 14.8 Å². The monoisotopic (exact) mass is 676 g/mol. The number of urea groups is 1. The van der Waals surface area contributed by atoms with Crippen LogP contribution in [0.2, 0.25) is 10.0 Å². The number of rotatable bonds is 9. The fourth-order valence-electron chi connectivity index (χ4n) is 5.31. The Balaban J connectivity index is 1.58. The second kappa shape index (κ2) is 14.0. The minimum absolute atomic E-state index is 0.0809. The molecule has 1 fully saturated rings. The molecule has 14 heteroatoms. The summed E-state index contributed by atoms with van der Waals surface area (Å²) < 4.78 is 29.4. The summed E-state index contributed by atoms with van der Waals surface area (Å²) in [7, 11) is -3.08. The minimum atomic E-state index is -3.08. The van der Waals surface area contributed by atoms with E-state index in [1.54, 1.807) is 28.1 Å². The molecule has 5 rings (SSSR count). The molecule has 2 aliphatic heterocycles. The Morgan fingerprint density at radius 2 is 1.61 bits per heavy atom. The van der Waals surface area contributed by atoms with Crippen molar-refractivity contribution in [2.75, 3.05) is 57.6 Å². The van der Waals surface area contributed by atoms with E-state index >= 15 is 0 Å². The summed E-state index contributed by atoms with van der Waals surface area (Å²) in [6.07, 6.45) is 4.78. The van der Waals surface area contributed by atoms with Crippen molar-refractivity contribution >= 4 is 56.7 Å². The van der Waals surface area contributed by atoms with Crippen LogP contribution in [0.5, 0.6) is 5.88 Å². The SMILES string of the molecule is CCOc1nc(SC)ncc1C1=N[C@@H](c2ccc(Cl)cc2)C(c2ccc(Cl)cc2)N1C(=O)N1CCN(CCS(C)(=O)=O)CC1. The lowest BCUT2D eigenvalue weighted by molar-refractivity contribution is 0.122. The van der Waals surface area contributed by atoms with E-state index < -0.39 is 21.9 Å². The van der Waals surface area contributed by atoms with E-state index in [4.69, 9.17) is 32.9 Å². The number of carbonyl (C=O) groups is 1. The van der Waals surface area contributed by atoms with Gasteiger partial charge < -0.3 is 9.64 Å². The predicted molar refractivity (Wildman–Crippen MR) is 175 cm³/mol. The van der Waals surface area contributed by atoms with Gasteiger partial charge in [0, 0.05) is 55.2 Å². The maximum Gasteiger partial charge on any atom is 0.326 e. The van der Waals surface area contributed by atoms with Crippen molar-refractivity contribution in [3.63, 3.8) is 0 Å². The van der Waals surface area contributed by atoms with Gasteiger partial charge in [-0.1, -0.05) is 59.2 Å². The third-order valence-corrected chi connectivity index (χ3v) is 9.54. The Bertz CT molecular complexity index is 1620. The zero-order valence-electron chi connectivity index (χ0n) is 24.7. The van der Waals surface area contributed by atoms with Gasteiger partial charge in [0.15, 0.2) is 5.16 Å². The molecular formula is C30H34Cl2N6O4S2. The third kappa shape index (κ3) is 7.48. The number of aliphatic imine (C=N–C) groups is 1. The van der Waals surface area contributed by atoms with Gasteiger partial charge >= 0.3 is 6.03 Å². The number of piperazine rings is 1. The van der Waals surface area contributed by atoms with Crippen molar-refractivity contribution in [1.29, 1.82) is 0 Å². The Morgan fingerprint density at radius 1 is 1.00 bits per heavy atom. The largest absolute Gasteiger partial charge is 0.477 e. The normalized spacial score (nSPS) is 19.2. The number of carbonyl (C=O) groups excluding carboxylic acids is 1. The van der Waals surface area contributed by atoms with Crippen molar-refractivity contribution in [3.8, 4) is 5.88 Å². The quantitative estimate of drug-likeness (QED) is 0.224. The Labute approximate surface area is 272 Å². The number of hydrogen-bond acceptors (Lipinski definition) is 9. The molecule has 44 heavy (non-hydrogen) atoms. The molecule has 0 spiro atoms. The minimum Gasteiger partial charge on any atom is -0.477 e. The first kappa shape index (κ1) is 32.5. The first-order valence-electron chi connectivity index (χ1n) is 14.2. The topological polar surface area (TPSA) is 108 Å². The lowest BCUT2D eigenvalue weighted by atomic mass is 9.94. The predicted octanol–water partition coefficient (Wildman–Crippen LogP) is 5.23. The third-order valence-electron chi connectivity index (χ3n) is 7.55. The zero-order chi connectivity index (χ0) is 31.4. The van der Waals surface area contributed by atoms with E-state index in [0.717, 1.165) is 11.1 Å². The molecule has 2 atom stereocenters. The van der Waals surface area contributed by atoms with E-state index in [9.17, 15) is 13.2 Å². The molecule has 0 N–H and O–H groups in total. The van der Waals surface area contributed by atoms with Crippen LogP contribution in [0.15, 0.2) is 64.9 Å². The van der Waals surface area contributed by atoms with E-state index in [0.29, 0.717) is 71.8 Å². The number of nitrogens with zero attached hydrogens (tertiary/aromatic N) is 6. The van der Waals surface area contributed by atoms with E-state index in [2.05, 4.69) is 14.9 Å². The number of amides is 2. The highest BCUT2D eigenvalue weighted by atomic mass is 35.5. The highest BCUT2D eigenvalue weighted by Gasteiger charge is 2.45. The molecule has 234 valence electrons. The maximum absolute atomic E-state index is 14.6. The maximum atomic E-state index is 14.6. The molecule has 0 radical (unpaired) electrons. The summed E-state index contributed by atoms with van der Waals surface area (Å²) in [5.41, 5.74) is 2.25. The van der Waals surface area contributed by atoms with Gasteiger partial charge in [-0.15, -0.1) is 0 Å². The summed E-state index contributed by atoms with van der Waals surface area (Å²) in [6.45, 7) is 4.67. The number of amidine groups is 1. The van der Waals surface area contributed by atoms with E-state index in [1.165, 1.54) is 18.0 Å². The van der Waals surface area contributed by atoms with Crippen molar-refractivity contribution < 1.29 is 17.9 Å². The van der Waals surface area contributed by atoms with E-state index in [1.807, 2.05) is 49.6 Å². The molecule has 10 nitrogen and oxygen atoms in total. The average Bonchev–Trinajstić information content (AvgIpc) is 3.40. The first-order chi connectivity index (χ1) is 21.1. The number of hydrogen-bond donors (Lipinski definition) is 0. The molecule has 2 aromatic carbocycles. The second-order valence-corrected chi connectivity index (χ2v) is 14.5. The summed E-state index contributed by atoms with van der Waals surface area (Å²) >= 11 is 13.9. The smallest absolute Gasteiger partial charge is 0.326 e. The van der Waals surface area contributed by atoms with Crippen LogP contribution in [0.4, 0.5) is 4.79 Å². The van der Waals surface area contributed by atoms with Crippen LogP contribution in [-0.2, 0) is 9.84 Å². The number of benzene rings is 2. The van der Waals surface area contributed by atoms with Crippen LogP contribution < -0.4 is 4.74 Å². The van der Waals surface area contributed by atoms with Gasteiger partial charge in [0.25, 0.3) is 0 Å². The Morgan fingerprint density at radius 3 is 2.18 bits per heavy atom. The highest BCUT2D eigenvalue weighted by molar-refractivity contribution is 7.98. The second-order valence-electron chi connectivity index (χ2n) is 10.6. The van der Waals surface area contributed by atoms with Crippen molar-refractivity contribution in [3.05, 3.63) is 81.5 Å². The van der Waals surface area contributed by atoms with Crippen molar-refractivity contribution in [2.24, 2.45) is 4.99 Å².